The number of thiophene rings is 1. The van der Waals surface area contributed by atoms with Crippen LogP contribution in [0.15, 0.2) is 35.4 Å². The summed E-state index contributed by atoms with van der Waals surface area (Å²) in [5, 5.41) is 2.95. The van der Waals surface area contributed by atoms with E-state index >= 15 is 0 Å². The van der Waals surface area contributed by atoms with Crippen molar-refractivity contribution in [3.63, 3.8) is 0 Å². The second-order valence-corrected chi connectivity index (χ2v) is 7.79. The number of anilines is 1. The van der Waals surface area contributed by atoms with Gasteiger partial charge in [-0.3, -0.25) is 0 Å². The van der Waals surface area contributed by atoms with Gasteiger partial charge in [-0.15, -0.1) is 11.3 Å². The van der Waals surface area contributed by atoms with Crippen LogP contribution in [-0.4, -0.2) is 19.9 Å². The summed E-state index contributed by atoms with van der Waals surface area (Å²) in [5.74, 6) is 0.351. The Morgan fingerprint density at radius 1 is 1.38 bits per heavy atom. The number of nitrogens with one attached hydrogen (secondary N) is 2. The molecular weight excluding hydrogens is 330 g/mol. The van der Waals surface area contributed by atoms with Gasteiger partial charge < -0.3 is 5.32 Å². The first-order chi connectivity index (χ1) is 9.94. The fourth-order valence-electron chi connectivity index (χ4n) is 1.82. The van der Waals surface area contributed by atoms with Crippen molar-refractivity contribution in [2.24, 2.45) is 0 Å². The summed E-state index contributed by atoms with van der Waals surface area (Å²) in [6.07, 6.45) is 1.56. The van der Waals surface area contributed by atoms with Crippen LogP contribution >= 0.6 is 22.9 Å². The van der Waals surface area contributed by atoms with Crippen LogP contribution in [0.5, 0.6) is 0 Å². The number of sulfonamides is 1. The van der Waals surface area contributed by atoms with E-state index in [1.807, 2.05) is 13.0 Å². The third-order valence-corrected chi connectivity index (χ3v) is 5.74. The highest BCUT2D eigenvalue weighted by atomic mass is 35.5. The zero-order chi connectivity index (χ0) is 15.5. The summed E-state index contributed by atoms with van der Waals surface area (Å²) in [6.45, 7) is 4.26. The molecule has 1 unspecified atom stereocenters. The topological polar surface area (TPSA) is 71.1 Å². The van der Waals surface area contributed by atoms with Crippen molar-refractivity contribution >= 4 is 38.8 Å². The van der Waals surface area contributed by atoms with E-state index in [2.05, 4.69) is 15.0 Å². The molecule has 0 saturated carbocycles. The van der Waals surface area contributed by atoms with Crippen molar-refractivity contribution in [1.82, 2.24) is 9.71 Å². The molecule has 2 aromatic heterocycles. The maximum atomic E-state index is 12.5. The molecule has 0 aliphatic carbocycles. The lowest BCUT2D eigenvalue weighted by Crippen LogP contribution is -2.27. The van der Waals surface area contributed by atoms with Crippen LogP contribution in [0.1, 0.15) is 24.8 Å². The maximum Gasteiger partial charge on any atom is 0.244 e. The van der Waals surface area contributed by atoms with Gasteiger partial charge in [-0.25, -0.2) is 18.1 Å². The lowest BCUT2D eigenvalue weighted by atomic mass is 10.3. The summed E-state index contributed by atoms with van der Waals surface area (Å²) in [6, 6.07) is 6.33. The minimum Gasteiger partial charge on any atom is -0.369 e. The Balaban J connectivity index is 2.26. The van der Waals surface area contributed by atoms with Crippen molar-refractivity contribution in [3.05, 3.63) is 39.7 Å². The van der Waals surface area contributed by atoms with E-state index in [0.29, 0.717) is 16.7 Å². The van der Waals surface area contributed by atoms with Gasteiger partial charge in [-0.05, 0) is 38.1 Å². The third kappa shape index (κ3) is 3.94. The van der Waals surface area contributed by atoms with Crippen LogP contribution in [-0.2, 0) is 10.0 Å². The van der Waals surface area contributed by atoms with Crippen molar-refractivity contribution < 1.29 is 8.42 Å². The molecular formula is C13H16ClN3O2S2. The van der Waals surface area contributed by atoms with Crippen molar-refractivity contribution in [2.75, 3.05) is 11.9 Å². The summed E-state index contributed by atoms with van der Waals surface area (Å²) < 4.78 is 28.3. The SMILES string of the molecule is CCNc1ncccc1S(=O)(=O)NC(C)c1ccc(Cl)s1. The van der Waals surface area contributed by atoms with Crippen LogP contribution in [0.2, 0.25) is 4.34 Å². The second kappa shape index (κ2) is 6.74. The van der Waals surface area contributed by atoms with E-state index in [9.17, 15) is 8.42 Å². The number of halogens is 1. The average molecular weight is 346 g/mol. The van der Waals surface area contributed by atoms with Crippen molar-refractivity contribution in [3.8, 4) is 0 Å². The normalized spacial score (nSPS) is 13.1. The monoisotopic (exact) mass is 345 g/mol. The third-order valence-electron chi connectivity index (χ3n) is 2.76. The highest BCUT2D eigenvalue weighted by molar-refractivity contribution is 7.89. The first-order valence-electron chi connectivity index (χ1n) is 6.40. The predicted molar refractivity (Wildman–Crippen MR) is 86.5 cm³/mol. The Morgan fingerprint density at radius 3 is 2.76 bits per heavy atom. The molecule has 5 nitrogen and oxygen atoms in total. The van der Waals surface area contributed by atoms with Gasteiger partial charge in [-0.2, -0.15) is 0 Å². The van der Waals surface area contributed by atoms with Crippen molar-refractivity contribution in [2.45, 2.75) is 24.8 Å². The molecule has 0 bridgehead atoms. The zero-order valence-electron chi connectivity index (χ0n) is 11.6. The zero-order valence-corrected chi connectivity index (χ0v) is 14.0. The Morgan fingerprint density at radius 2 is 2.14 bits per heavy atom. The lowest BCUT2D eigenvalue weighted by Gasteiger charge is -2.15. The summed E-state index contributed by atoms with van der Waals surface area (Å²) in [7, 11) is -3.66. The predicted octanol–water partition coefficient (Wildman–Crippen LogP) is 3.27. The fraction of sp³-hybridized carbons (Fsp3) is 0.308. The van der Waals surface area contributed by atoms with Gasteiger partial charge in [0, 0.05) is 17.6 Å². The van der Waals surface area contributed by atoms with E-state index in [-0.39, 0.29) is 10.9 Å². The highest BCUT2D eigenvalue weighted by Gasteiger charge is 2.22. The number of pyridine rings is 1. The maximum absolute atomic E-state index is 12.5. The number of nitrogens with zero attached hydrogens (tertiary/aromatic N) is 1. The molecule has 0 fully saturated rings. The van der Waals surface area contributed by atoms with Crippen LogP contribution in [0.4, 0.5) is 5.82 Å². The smallest absolute Gasteiger partial charge is 0.244 e. The van der Waals surface area contributed by atoms with Gasteiger partial charge in [0.15, 0.2) is 0 Å². The molecule has 21 heavy (non-hydrogen) atoms. The van der Waals surface area contributed by atoms with E-state index in [0.717, 1.165) is 4.88 Å². The van der Waals surface area contributed by atoms with Crippen LogP contribution in [0.25, 0.3) is 0 Å². The minimum absolute atomic E-state index is 0.140. The van der Waals surface area contributed by atoms with Gasteiger partial charge in [0.25, 0.3) is 0 Å². The molecule has 0 spiro atoms. The molecule has 8 heteroatoms. The molecule has 0 aromatic carbocycles. The molecule has 0 aliphatic heterocycles. The number of rotatable bonds is 6. The molecule has 1 atom stereocenters. The summed E-state index contributed by atoms with van der Waals surface area (Å²) in [5.41, 5.74) is 0. The van der Waals surface area contributed by atoms with E-state index < -0.39 is 10.0 Å². The Kier molecular flexibility index (Phi) is 5.21. The molecule has 2 heterocycles. The fourth-order valence-corrected chi connectivity index (χ4v) is 4.32. The molecule has 0 radical (unpaired) electrons. The Bertz CT molecular complexity index is 716. The Hall–Kier alpha value is -1.15. The van der Waals surface area contributed by atoms with E-state index in [1.165, 1.54) is 17.4 Å². The summed E-state index contributed by atoms with van der Waals surface area (Å²) >= 11 is 7.23. The standard InChI is InChI=1S/C13H16ClN3O2S2/c1-3-15-13-11(5-4-8-16-13)21(18,19)17-9(2)10-6-7-12(14)20-10/h4-9,17H,3H2,1-2H3,(H,15,16). The first-order valence-corrected chi connectivity index (χ1v) is 9.08. The van der Waals surface area contributed by atoms with Gasteiger partial charge in [-0.1, -0.05) is 11.6 Å². The second-order valence-electron chi connectivity index (χ2n) is 4.37. The Labute approximate surface area is 133 Å². The lowest BCUT2D eigenvalue weighted by molar-refractivity contribution is 0.568. The number of hydrogen-bond donors (Lipinski definition) is 2. The minimum atomic E-state index is -3.66. The average Bonchev–Trinajstić information content (AvgIpc) is 2.86. The van der Waals surface area contributed by atoms with Crippen LogP contribution in [0, 0.1) is 0 Å². The molecule has 0 amide bonds. The molecule has 2 N–H and O–H groups in total. The summed E-state index contributed by atoms with van der Waals surface area (Å²) in [4.78, 5) is 5.07. The van der Waals surface area contributed by atoms with E-state index in [4.69, 9.17) is 11.6 Å². The highest BCUT2D eigenvalue weighted by Crippen LogP contribution is 2.28. The molecule has 0 aliphatic rings. The van der Waals surface area contributed by atoms with Crippen LogP contribution < -0.4 is 10.0 Å². The van der Waals surface area contributed by atoms with Gasteiger partial charge in [0.05, 0.1) is 10.4 Å². The van der Waals surface area contributed by atoms with Gasteiger partial charge in [0.1, 0.15) is 10.7 Å². The molecule has 114 valence electrons. The molecule has 2 aromatic rings. The van der Waals surface area contributed by atoms with Gasteiger partial charge in [0.2, 0.25) is 10.0 Å². The van der Waals surface area contributed by atoms with Crippen LogP contribution in [0.3, 0.4) is 0 Å². The molecule has 2 rings (SSSR count). The number of hydrogen-bond acceptors (Lipinski definition) is 5. The number of aromatic nitrogens is 1. The molecule has 0 saturated heterocycles. The first kappa shape index (κ1) is 16.2. The van der Waals surface area contributed by atoms with E-state index in [1.54, 1.807) is 25.3 Å². The quantitative estimate of drug-likeness (QED) is 0.842. The largest absolute Gasteiger partial charge is 0.369 e. The van der Waals surface area contributed by atoms with Gasteiger partial charge >= 0.3 is 0 Å². The van der Waals surface area contributed by atoms with Crippen molar-refractivity contribution in [1.29, 1.82) is 0 Å².